The minimum atomic E-state index is -0.158. The molecular weight excluding hydrogens is 260 g/mol. The molecule has 1 aliphatic rings. The molecule has 19 heavy (non-hydrogen) atoms. The van der Waals surface area contributed by atoms with Crippen LogP contribution in [0.15, 0.2) is 30.4 Å². The summed E-state index contributed by atoms with van der Waals surface area (Å²) < 4.78 is 0. The van der Waals surface area contributed by atoms with E-state index in [1.54, 1.807) is 19.2 Å². The van der Waals surface area contributed by atoms with Gasteiger partial charge in [0.2, 0.25) is 0 Å². The van der Waals surface area contributed by atoms with Crippen LogP contribution in [0.5, 0.6) is 0 Å². The molecular formula is C15H19ClN2O. The van der Waals surface area contributed by atoms with Crippen molar-refractivity contribution in [2.24, 2.45) is 5.92 Å². The molecule has 1 atom stereocenters. The van der Waals surface area contributed by atoms with Crippen LogP contribution in [0.3, 0.4) is 0 Å². The van der Waals surface area contributed by atoms with Gasteiger partial charge in [-0.1, -0.05) is 23.8 Å². The highest BCUT2D eigenvalue weighted by Gasteiger charge is 2.12. The van der Waals surface area contributed by atoms with E-state index in [1.807, 2.05) is 6.07 Å². The maximum absolute atomic E-state index is 11.7. The topological polar surface area (TPSA) is 41.1 Å². The number of carbonyl (C=O) groups is 1. The molecule has 1 aromatic carbocycles. The summed E-state index contributed by atoms with van der Waals surface area (Å²) >= 11 is 6.02. The molecule has 0 aliphatic heterocycles. The van der Waals surface area contributed by atoms with E-state index < -0.39 is 0 Å². The molecule has 2 N–H and O–H groups in total. The lowest BCUT2D eigenvalue weighted by atomic mass is 9.94. The Balaban J connectivity index is 2.00. The van der Waals surface area contributed by atoms with Crippen LogP contribution in [0.2, 0.25) is 5.02 Å². The van der Waals surface area contributed by atoms with E-state index in [-0.39, 0.29) is 5.91 Å². The zero-order chi connectivity index (χ0) is 13.7. The summed E-state index contributed by atoms with van der Waals surface area (Å²) in [6, 6.07) is 5.47. The van der Waals surface area contributed by atoms with Crippen LogP contribution in [0.25, 0.3) is 0 Å². The SMILES string of the molecule is CNC(=O)c1cc(NCC2CC=CCC2)ccc1Cl. The lowest BCUT2D eigenvalue weighted by molar-refractivity contribution is 0.0963. The summed E-state index contributed by atoms with van der Waals surface area (Å²) in [5.74, 6) is 0.512. The average Bonchev–Trinajstić information content (AvgIpc) is 2.46. The zero-order valence-electron chi connectivity index (χ0n) is 11.1. The van der Waals surface area contributed by atoms with E-state index in [2.05, 4.69) is 22.8 Å². The van der Waals surface area contributed by atoms with Gasteiger partial charge in [0, 0.05) is 19.3 Å². The normalized spacial score (nSPS) is 18.1. The predicted octanol–water partition coefficient (Wildman–Crippen LogP) is 3.47. The fourth-order valence-electron chi connectivity index (χ4n) is 2.25. The number of hydrogen-bond acceptors (Lipinski definition) is 2. The van der Waals surface area contributed by atoms with Gasteiger partial charge in [-0.3, -0.25) is 4.79 Å². The molecule has 1 unspecified atom stereocenters. The van der Waals surface area contributed by atoms with Crippen molar-refractivity contribution < 1.29 is 4.79 Å². The molecule has 0 saturated carbocycles. The van der Waals surface area contributed by atoms with Gasteiger partial charge in [-0.15, -0.1) is 0 Å². The third-order valence-corrected chi connectivity index (χ3v) is 3.74. The summed E-state index contributed by atoms with van der Waals surface area (Å²) in [6.07, 6.45) is 7.99. The maximum Gasteiger partial charge on any atom is 0.252 e. The molecule has 0 saturated heterocycles. The molecule has 1 amide bonds. The van der Waals surface area contributed by atoms with Gasteiger partial charge < -0.3 is 10.6 Å². The van der Waals surface area contributed by atoms with Gasteiger partial charge in [-0.2, -0.15) is 0 Å². The van der Waals surface area contributed by atoms with Crippen LogP contribution in [-0.2, 0) is 0 Å². The van der Waals surface area contributed by atoms with Gasteiger partial charge >= 0.3 is 0 Å². The van der Waals surface area contributed by atoms with Crippen LogP contribution in [0, 0.1) is 5.92 Å². The quantitative estimate of drug-likeness (QED) is 0.828. The number of halogens is 1. The largest absolute Gasteiger partial charge is 0.385 e. The second kappa shape index (κ2) is 6.62. The lowest BCUT2D eigenvalue weighted by Crippen LogP contribution is -2.19. The van der Waals surface area contributed by atoms with Gasteiger partial charge in [0.25, 0.3) is 5.91 Å². The minimum Gasteiger partial charge on any atom is -0.385 e. The first-order valence-corrected chi connectivity index (χ1v) is 6.99. The van der Waals surface area contributed by atoms with Crippen LogP contribution in [0.4, 0.5) is 5.69 Å². The highest BCUT2D eigenvalue weighted by molar-refractivity contribution is 6.34. The molecule has 4 heteroatoms. The Morgan fingerprint density at radius 1 is 1.42 bits per heavy atom. The van der Waals surface area contributed by atoms with E-state index >= 15 is 0 Å². The molecule has 102 valence electrons. The summed E-state index contributed by atoms with van der Waals surface area (Å²) in [4.78, 5) is 11.7. The fourth-order valence-corrected chi connectivity index (χ4v) is 2.45. The Bertz CT molecular complexity index is 485. The van der Waals surface area contributed by atoms with E-state index in [0.29, 0.717) is 16.5 Å². The van der Waals surface area contributed by atoms with Gasteiger partial charge in [0.05, 0.1) is 10.6 Å². The molecule has 3 nitrogen and oxygen atoms in total. The third kappa shape index (κ3) is 3.74. The number of nitrogens with one attached hydrogen (secondary N) is 2. The number of amides is 1. The van der Waals surface area contributed by atoms with Gasteiger partial charge in [0.15, 0.2) is 0 Å². The lowest BCUT2D eigenvalue weighted by Gasteiger charge is -2.19. The van der Waals surface area contributed by atoms with Gasteiger partial charge in [-0.05, 0) is 43.4 Å². The van der Waals surface area contributed by atoms with Crippen molar-refractivity contribution in [3.8, 4) is 0 Å². The molecule has 0 heterocycles. The second-order valence-electron chi connectivity index (χ2n) is 4.81. The summed E-state index contributed by atoms with van der Waals surface area (Å²) in [7, 11) is 1.60. The summed E-state index contributed by atoms with van der Waals surface area (Å²) in [5, 5.41) is 6.46. The second-order valence-corrected chi connectivity index (χ2v) is 5.21. The van der Waals surface area contributed by atoms with Crippen LogP contribution >= 0.6 is 11.6 Å². The molecule has 0 radical (unpaired) electrons. The zero-order valence-corrected chi connectivity index (χ0v) is 11.8. The van der Waals surface area contributed by atoms with Crippen molar-refractivity contribution in [3.05, 3.63) is 40.9 Å². The van der Waals surface area contributed by atoms with E-state index in [9.17, 15) is 4.79 Å². The number of allylic oxidation sites excluding steroid dienone is 2. The van der Waals surface area contributed by atoms with Crippen molar-refractivity contribution >= 4 is 23.2 Å². The van der Waals surface area contributed by atoms with Crippen LogP contribution < -0.4 is 10.6 Å². The molecule has 0 aromatic heterocycles. The summed E-state index contributed by atoms with van der Waals surface area (Å²) in [5.41, 5.74) is 1.45. The van der Waals surface area contributed by atoms with E-state index in [0.717, 1.165) is 25.1 Å². The number of hydrogen-bond donors (Lipinski definition) is 2. The van der Waals surface area contributed by atoms with Crippen molar-refractivity contribution in [1.29, 1.82) is 0 Å². The molecule has 0 spiro atoms. The van der Waals surface area contributed by atoms with Gasteiger partial charge in [0.1, 0.15) is 0 Å². The van der Waals surface area contributed by atoms with Crippen LogP contribution in [0.1, 0.15) is 29.6 Å². The maximum atomic E-state index is 11.7. The Hall–Kier alpha value is -1.48. The molecule has 1 aromatic rings. The highest BCUT2D eigenvalue weighted by atomic mass is 35.5. The van der Waals surface area contributed by atoms with Crippen molar-refractivity contribution in [1.82, 2.24) is 5.32 Å². The highest BCUT2D eigenvalue weighted by Crippen LogP contribution is 2.22. The fraction of sp³-hybridized carbons (Fsp3) is 0.400. The number of anilines is 1. The van der Waals surface area contributed by atoms with Crippen molar-refractivity contribution in [2.45, 2.75) is 19.3 Å². The molecule has 0 bridgehead atoms. The number of rotatable bonds is 4. The third-order valence-electron chi connectivity index (χ3n) is 3.41. The van der Waals surface area contributed by atoms with E-state index in [4.69, 9.17) is 11.6 Å². The Morgan fingerprint density at radius 3 is 2.95 bits per heavy atom. The monoisotopic (exact) mass is 278 g/mol. The Kier molecular flexibility index (Phi) is 4.86. The number of carbonyl (C=O) groups excluding carboxylic acids is 1. The van der Waals surface area contributed by atoms with E-state index in [1.165, 1.54) is 6.42 Å². The minimum absolute atomic E-state index is 0.158. The smallest absolute Gasteiger partial charge is 0.252 e. The first kappa shape index (κ1) is 13.9. The average molecular weight is 279 g/mol. The first-order chi connectivity index (χ1) is 9.20. The molecule has 0 fully saturated rings. The van der Waals surface area contributed by atoms with Crippen molar-refractivity contribution in [2.75, 3.05) is 18.9 Å². The van der Waals surface area contributed by atoms with Crippen molar-refractivity contribution in [3.63, 3.8) is 0 Å². The first-order valence-electron chi connectivity index (χ1n) is 6.61. The summed E-state index contributed by atoms with van der Waals surface area (Å²) in [6.45, 7) is 0.930. The van der Waals surface area contributed by atoms with Crippen LogP contribution in [-0.4, -0.2) is 19.5 Å². The standard InChI is InChI=1S/C15H19ClN2O/c1-17-15(19)13-9-12(7-8-14(13)16)18-10-11-5-3-2-4-6-11/h2-3,7-9,11,18H,4-6,10H2,1H3,(H,17,19). The molecule has 2 rings (SSSR count). The van der Waals surface area contributed by atoms with Gasteiger partial charge in [-0.25, -0.2) is 0 Å². The Morgan fingerprint density at radius 2 is 2.26 bits per heavy atom. The molecule has 1 aliphatic carbocycles. The number of benzene rings is 1. The predicted molar refractivity (Wildman–Crippen MR) is 79.8 cm³/mol. The Labute approximate surface area is 119 Å².